The van der Waals surface area contributed by atoms with Crippen molar-refractivity contribution >= 4 is 77.5 Å². The number of aliphatic imine (C=N–C) groups is 1. The Kier molecular flexibility index (Phi) is 10.0. The number of nitrogens with zero attached hydrogens (tertiary/aromatic N) is 1. The molecule has 0 aliphatic carbocycles. The molecule has 2 aromatic rings. The first-order chi connectivity index (χ1) is 17.5. The summed E-state index contributed by atoms with van der Waals surface area (Å²) in [5.74, 6) is 5.88. The zero-order valence-corrected chi connectivity index (χ0v) is 24.4. The molecule has 0 bridgehead atoms. The molecule has 1 aliphatic heterocycles. The maximum atomic E-state index is 13.9. The van der Waals surface area contributed by atoms with Gasteiger partial charge in [-0.1, -0.05) is 47.2 Å². The largest absolute Gasteiger partial charge is 0.477 e. The smallest absolute Gasteiger partial charge is 0.344 e. The Hall–Kier alpha value is -2.11. The van der Waals surface area contributed by atoms with Crippen LogP contribution in [0.5, 0.6) is 0 Å². The number of allylic oxidation sites excluding steroid dienone is 2. The molecule has 37 heavy (non-hydrogen) atoms. The normalized spacial score (nSPS) is 19.5. The Labute approximate surface area is 236 Å². The first kappa shape index (κ1) is 29.4. The lowest BCUT2D eigenvalue weighted by molar-refractivity contribution is -0.131. The molecule has 0 fully saturated rings. The first-order valence-corrected chi connectivity index (χ1v) is 15.0. The molecule has 3 rings (SSSR count). The van der Waals surface area contributed by atoms with Crippen LogP contribution in [-0.4, -0.2) is 34.5 Å². The molecule has 6 nitrogen and oxygen atoms in total. The first-order valence-electron chi connectivity index (χ1n) is 11.1. The van der Waals surface area contributed by atoms with Gasteiger partial charge in [0.2, 0.25) is 0 Å². The van der Waals surface area contributed by atoms with Gasteiger partial charge in [0.1, 0.15) is 10.4 Å². The van der Waals surface area contributed by atoms with Gasteiger partial charge in [-0.05, 0) is 68.3 Å². The predicted molar refractivity (Wildman–Crippen MR) is 158 cm³/mol. The number of hydrogen-bond acceptors (Lipinski definition) is 6. The molecule has 2 aromatic carbocycles. The van der Waals surface area contributed by atoms with Crippen molar-refractivity contribution in [1.29, 1.82) is 0 Å². The van der Waals surface area contributed by atoms with E-state index in [1.807, 2.05) is 36.7 Å². The van der Waals surface area contributed by atoms with Gasteiger partial charge in [-0.15, -0.1) is 24.4 Å². The van der Waals surface area contributed by atoms with Crippen LogP contribution in [0.25, 0.3) is 5.57 Å². The number of aliphatic carboxylic acids is 1. The molecule has 1 aliphatic rings. The molecule has 0 amide bonds. The van der Waals surface area contributed by atoms with Crippen LogP contribution in [-0.2, 0) is 13.9 Å². The Bertz CT molecular complexity index is 1400. The quantitative estimate of drug-likeness (QED) is 0.104. The maximum Gasteiger partial charge on any atom is 0.344 e. The highest BCUT2D eigenvalue weighted by Crippen LogP contribution is 2.45. The molecule has 0 saturated carbocycles. The summed E-state index contributed by atoms with van der Waals surface area (Å²) in [6.45, 7) is 5.55. The highest BCUT2D eigenvalue weighted by molar-refractivity contribution is 8.12. The van der Waals surface area contributed by atoms with Crippen LogP contribution in [0.2, 0.25) is 10.0 Å². The fourth-order valence-electron chi connectivity index (χ4n) is 3.27. The molecule has 0 saturated heterocycles. The molecular weight excluding hydrogens is 570 g/mol. The third-order valence-electron chi connectivity index (χ3n) is 5.22. The monoisotopic (exact) mass is 594 g/mol. The van der Waals surface area contributed by atoms with E-state index in [1.165, 1.54) is 18.2 Å². The molecule has 0 spiro atoms. The summed E-state index contributed by atoms with van der Waals surface area (Å²) < 4.78 is 19.5. The summed E-state index contributed by atoms with van der Waals surface area (Å²) >= 11 is 18.1. The van der Waals surface area contributed by atoms with E-state index >= 15 is 0 Å². The van der Waals surface area contributed by atoms with Gasteiger partial charge >= 0.3 is 13.5 Å². The molecule has 0 aromatic heterocycles. The Morgan fingerprint density at radius 1 is 1.32 bits per heavy atom. The average molecular weight is 596 g/mol. The molecule has 11 heteroatoms. The second kappa shape index (κ2) is 12.6. The third-order valence-corrected chi connectivity index (χ3v) is 9.49. The lowest BCUT2D eigenvalue weighted by Gasteiger charge is -2.23. The van der Waals surface area contributed by atoms with Gasteiger partial charge in [0.15, 0.2) is 0 Å². The van der Waals surface area contributed by atoms with Crippen molar-refractivity contribution in [2.45, 2.75) is 26.3 Å². The van der Waals surface area contributed by atoms with E-state index in [0.29, 0.717) is 10.6 Å². The van der Waals surface area contributed by atoms with Gasteiger partial charge in [0, 0.05) is 16.3 Å². The van der Waals surface area contributed by atoms with E-state index in [-0.39, 0.29) is 33.1 Å². The lowest BCUT2D eigenvalue weighted by atomic mass is 10.0. The molecule has 2 N–H and O–H groups in total. The Morgan fingerprint density at radius 2 is 2.03 bits per heavy atom. The summed E-state index contributed by atoms with van der Waals surface area (Å²) in [6.07, 6.45) is 1.55. The van der Waals surface area contributed by atoms with Crippen molar-refractivity contribution in [2.75, 3.05) is 12.4 Å². The number of carbonyl (C=O) groups is 1. The number of halogens is 2. The third kappa shape index (κ3) is 7.70. The Morgan fingerprint density at radius 3 is 2.59 bits per heavy atom. The van der Waals surface area contributed by atoms with Crippen LogP contribution in [0.1, 0.15) is 31.9 Å². The summed E-state index contributed by atoms with van der Waals surface area (Å²) in [4.78, 5) is 15.9. The van der Waals surface area contributed by atoms with Gasteiger partial charge in [-0.2, -0.15) is 0 Å². The zero-order chi connectivity index (χ0) is 27.2. The highest BCUT2D eigenvalue weighted by Gasteiger charge is 2.30. The fourth-order valence-corrected chi connectivity index (χ4v) is 6.87. The molecule has 2 atom stereocenters. The van der Waals surface area contributed by atoms with Crippen molar-refractivity contribution in [1.82, 2.24) is 5.09 Å². The number of carboxylic acids is 1. The van der Waals surface area contributed by atoms with Crippen LogP contribution in [0, 0.1) is 11.8 Å². The van der Waals surface area contributed by atoms with Crippen LogP contribution < -0.4 is 10.4 Å². The summed E-state index contributed by atoms with van der Waals surface area (Å²) in [5, 5.41) is 13.0. The van der Waals surface area contributed by atoms with Crippen LogP contribution >= 0.6 is 55.1 Å². The second-order valence-corrected chi connectivity index (χ2v) is 12.4. The van der Waals surface area contributed by atoms with Crippen molar-refractivity contribution in [3.05, 3.63) is 80.3 Å². The SMILES string of the molecule is CCOP(=O)(NC(/C=C(\C)c1ccc(C#CC2(C)CSC=N2)cc1)=C(/S)C(=O)O)c1ccc(Cl)cc1Cl. The number of nitrogens with one attached hydrogen (secondary N) is 1. The molecule has 2 unspecified atom stereocenters. The van der Waals surface area contributed by atoms with E-state index in [2.05, 4.69) is 34.5 Å². The van der Waals surface area contributed by atoms with Crippen molar-refractivity contribution < 1.29 is 19.0 Å². The van der Waals surface area contributed by atoms with E-state index in [0.717, 1.165) is 16.9 Å². The second-order valence-electron chi connectivity index (χ2n) is 8.22. The number of thioether (sulfide) groups is 1. The van der Waals surface area contributed by atoms with Gasteiger partial charge in [0.05, 0.1) is 28.2 Å². The van der Waals surface area contributed by atoms with Gasteiger partial charge in [0.25, 0.3) is 0 Å². The topological polar surface area (TPSA) is 88.0 Å². The van der Waals surface area contributed by atoms with E-state index in [9.17, 15) is 14.5 Å². The number of rotatable bonds is 8. The lowest BCUT2D eigenvalue weighted by Crippen LogP contribution is -2.23. The minimum atomic E-state index is -3.85. The van der Waals surface area contributed by atoms with Gasteiger partial charge < -0.3 is 14.7 Å². The average Bonchev–Trinajstić information content (AvgIpc) is 3.28. The van der Waals surface area contributed by atoms with E-state index < -0.39 is 13.5 Å². The number of hydrogen-bond donors (Lipinski definition) is 3. The molecule has 0 radical (unpaired) electrons. The predicted octanol–water partition coefficient (Wildman–Crippen LogP) is 6.65. The maximum absolute atomic E-state index is 13.9. The van der Waals surface area contributed by atoms with Crippen molar-refractivity contribution in [3.8, 4) is 11.8 Å². The van der Waals surface area contributed by atoms with Crippen LogP contribution in [0.3, 0.4) is 0 Å². The number of thiol groups is 1. The van der Waals surface area contributed by atoms with Gasteiger partial charge in [-0.25, -0.2) is 4.79 Å². The minimum Gasteiger partial charge on any atom is -0.477 e. The highest BCUT2D eigenvalue weighted by atomic mass is 35.5. The number of carboxylic acid groups (broad SMARTS) is 1. The summed E-state index contributed by atoms with van der Waals surface area (Å²) in [5.41, 5.74) is 3.79. The summed E-state index contributed by atoms with van der Waals surface area (Å²) in [7, 11) is -3.85. The summed E-state index contributed by atoms with van der Waals surface area (Å²) in [6, 6.07) is 12.0. The minimum absolute atomic E-state index is 0.00419. The van der Waals surface area contributed by atoms with Crippen LogP contribution in [0.15, 0.2) is 64.1 Å². The van der Waals surface area contributed by atoms with Crippen molar-refractivity contribution in [3.63, 3.8) is 0 Å². The van der Waals surface area contributed by atoms with E-state index in [4.69, 9.17) is 27.7 Å². The fraction of sp³-hybridized carbons (Fsp3) is 0.231. The number of benzene rings is 2. The van der Waals surface area contributed by atoms with Crippen LogP contribution in [0.4, 0.5) is 0 Å². The molecule has 1 heterocycles. The zero-order valence-electron chi connectivity index (χ0n) is 20.3. The van der Waals surface area contributed by atoms with Crippen molar-refractivity contribution in [2.24, 2.45) is 4.99 Å². The van der Waals surface area contributed by atoms with Gasteiger partial charge in [-0.3, -0.25) is 9.56 Å². The standard InChI is InChI=1S/C26H25Cl2N2O4PS2/c1-4-34-35(33,23-10-9-20(27)14-21(23)28)30-22(24(36)25(31)32)13-17(2)19-7-5-18(6-8-19)11-12-26(3)15-37-16-29-26/h5-10,13-14,16,36H,4,15H2,1-3H3,(H,30,33)(H,31,32)/b17-13+,24-22+. The molecule has 194 valence electrons. The Balaban J connectivity index is 1.95. The van der Waals surface area contributed by atoms with E-state index in [1.54, 1.807) is 31.7 Å². The molecular formula is C26H25Cl2N2O4PS2.